The number of nitrogens with zero attached hydrogens (tertiary/aromatic N) is 1. The van der Waals surface area contributed by atoms with Gasteiger partial charge in [0.15, 0.2) is 0 Å². The number of likely N-dealkylation sites (N-methyl/N-ethyl adjacent to an activating group) is 1. The predicted molar refractivity (Wildman–Crippen MR) is 59.8 cm³/mol. The fourth-order valence-corrected chi connectivity index (χ4v) is 1.45. The summed E-state index contributed by atoms with van der Waals surface area (Å²) >= 11 is 0. The summed E-state index contributed by atoms with van der Waals surface area (Å²) in [7, 11) is 2.13. The molecule has 0 amide bonds. The van der Waals surface area contributed by atoms with Crippen molar-refractivity contribution in [2.24, 2.45) is 11.7 Å². The van der Waals surface area contributed by atoms with E-state index < -0.39 is 0 Å². The lowest BCUT2D eigenvalue weighted by molar-refractivity contribution is 0.341. The van der Waals surface area contributed by atoms with Gasteiger partial charge in [0.05, 0.1) is 0 Å². The van der Waals surface area contributed by atoms with Crippen LogP contribution in [0.2, 0.25) is 0 Å². The SMILES string of the molecule is C=CCN(C)CCCC(C)CCN. The molecule has 0 aromatic rings. The highest BCUT2D eigenvalue weighted by Crippen LogP contribution is 2.09. The quantitative estimate of drug-likeness (QED) is 0.584. The summed E-state index contributed by atoms with van der Waals surface area (Å²) in [6.07, 6.45) is 5.67. The van der Waals surface area contributed by atoms with E-state index in [9.17, 15) is 0 Å². The Labute approximate surface area is 82.8 Å². The Bertz CT molecular complexity index is 123. The van der Waals surface area contributed by atoms with Crippen molar-refractivity contribution in [3.63, 3.8) is 0 Å². The summed E-state index contributed by atoms with van der Waals surface area (Å²) in [6, 6.07) is 0. The summed E-state index contributed by atoms with van der Waals surface area (Å²) in [5.41, 5.74) is 5.48. The Kier molecular flexibility index (Phi) is 8.05. The van der Waals surface area contributed by atoms with Crippen molar-refractivity contribution in [2.75, 3.05) is 26.7 Å². The number of nitrogens with two attached hydrogens (primary N) is 1. The minimum Gasteiger partial charge on any atom is -0.330 e. The first-order valence-electron chi connectivity index (χ1n) is 5.20. The summed E-state index contributed by atoms with van der Waals surface area (Å²) < 4.78 is 0. The lowest BCUT2D eigenvalue weighted by atomic mass is 10.0. The fraction of sp³-hybridized carbons (Fsp3) is 0.818. The van der Waals surface area contributed by atoms with Crippen LogP contribution in [0.25, 0.3) is 0 Å². The Balaban J connectivity index is 3.27. The molecule has 0 saturated heterocycles. The summed E-state index contributed by atoms with van der Waals surface area (Å²) in [4.78, 5) is 2.29. The smallest absolute Gasteiger partial charge is 0.0157 e. The molecule has 0 aliphatic rings. The van der Waals surface area contributed by atoms with Gasteiger partial charge < -0.3 is 10.6 Å². The minimum atomic E-state index is 0.780. The molecule has 2 N–H and O–H groups in total. The van der Waals surface area contributed by atoms with Gasteiger partial charge in [0.1, 0.15) is 0 Å². The zero-order valence-electron chi connectivity index (χ0n) is 9.13. The first-order chi connectivity index (χ1) is 6.20. The van der Waals surface area contributed by atoms with Gasteiger partial charge in [0.2, 0.25) is 0 Å². The maximum absolute atomic E-state index is 5.48. The number of hydrogen-bond acceptors (Lipinski definition) is 2. The highest BCUT2D eigenvalue weighted by molar-refractivity contribution is 4.71. The van der Waals surface area contributed by atoms with Gasteiger partial charge in [0.25, 0.3) is 0 Å². The number of rotatable bonds is 8. The minimum absolute atomic E-state index is 0.780. The van der Waals surface area contributed by atoms with Crippen molar-refractivity contribution >= 4 is 0 Å². The van der Waals surface area contributed by atoms with E-state index in [0.29, 0.717) is 0 Å². The van der Waals surface area contributed by atoms with Crippen LogP contribution in [0.15, 0.2) is 12.7 Å². The highest BCUT2D eigenvalue weighted by atomic mass is 15.1. The highest BCUT2D eigenvalue weighted by Gasteiger charge is 2.01. The maximum atomic E-state index is 5.48. The summed E-state index contributed by atoms with van der Waals surface area (Å²) in [5, 5.41) is 0. The van der Waals surface area contributed by atoms with Crippen LogP contribution < -0.4 is 5.73 Å². The lowest BCUT2D eigenvalue weighted by Gasteiger charge is -2.15. The molecule has 0 spiro atoms. The largest absolute Gasteiger partial charge is 0.330 e. The third-order valence-corrected chi connectivity index (χ3v) is 2.34. The molecule has 2 nitrogen and oxygen atoms in total. The van der Waals surface area contributed by atoms with Gasteiger partial charge in [-0.1, -0.05) is 13.0 Å². The van der Waals surface area contributed by atoms with E-state index in [4.69, 9.17) is 5.73 Å². The zero-order valence-corrected chi connectivity index (χ0v) is 9.13. The normalized spacial score (nSPS) is 13.2. The van der Waals surface area contributed by atoms with Crippen molar-refractivity contribution in [2.45, 2.75) is 26.2 Å². The average Bonchev–Trinajstić information content (AvgIpc) is 2.05. The molecule has 0 heterocycles. The van der Waals surface area contributed by atoms with Gasteiger partial charge in [-0.25, -0.2) is 0 Å². The van der Waals surface area contributed by atoms with Crippen LogP contribution in [0, 0.1) is 5.92 Å². The zero-order chi connectivity index (χ0) is 10.1. The summed E-state index contributed by atoms with van der Waals surface area (Å²) in [5.74, 6) is 0.780. The Morgan fingerprint density at radius 2 is 2.15 bits per heavy atom. The Morgan fingerprint density at radius 1 is 1.46 bits per heavy atom. The molecule has 1 atom stereocenters. The van der Waals surface area contributed by atoms with Crippen molar-refractivity contribution in [1.29, 1.82) is 0 Å². The molecular formula is C11H24N2. The fourth-order valence-electron chi connectivity index (χ4n) is 1.45. The molecule has 0 aromatic carbocycles. The van der Waals surface area contributed by atoms with E-state index in [1.165, 1.54) is 19.4 Å². The van der Waals surface area contributed by atoms with Crippen LogP contribution in [0.1, 0.15) is 26.2 Å². The van der Waals surface area contributed by atoms with E-state index >= 15 is 0 Å². The maximum Gasteiger partial charge on any atom is 0.0157 e. The number of hydrogen-bond donors (Lipinski definition) is 1. The second-order valence-corrected chi connectivity index (χ2v) is 3.88. The molecule has 0 aliphatic carbocycles. The Hall–Kier alpha value is -0.340. The molecule has 13 heavy (non-hydrogen) atoms. The first-order valence-corrected chi connectivity index (χ1v) is 5.20. The van der Waals surface area contributed by atoms with Gasteiger partial charge in [-0.15, -0.1) is 6.58 Å². The second kappa shape index (κ2) is 8.27. The van der Waals surface area contributed by atoms with Crippen LogP contribution in [0.5, 0.6) is 0 Å². The predicted octanol–water partition coefficient (Wildman–Crippen LogP) is 1.87. The van der Waals surface area contributed by atoms with Crippen molar-refractivity contribution in [3.05, 3.63) is 12.7 Å². The van der Waals surface area contributed by atoms with Crippen molar-refractivity contribution in [3.8, 4) is 0 Å². The second-order valence-electron chi connectivity index (χ2n) is 3.88. The van der Waals surface area contributed by atoms with E-state index in [1.54, 1.807) is 0 Å². The molecule has 0 fully saturated rings. The van der Waals surface area contributed by atoms with Crippen LogP contribution in [0.4, 0.5) is 0 Å². The topological polar surface area (TPSA) is 29.3 Å². The van der Waals surface area contributed by atoms with Gasteiger partial charge in [-0.2, -0.15) is 0 Å². The molecule has 1 unspecified atom stereocenters. The van der Waals surface area contributed by atoms with E-state index in [-0.39, 0.29) is 0 Å². The Morgan fingerprint density at radius 3 is 2.69 bits per heavy atom. The molecule has 0 aromatic heterocycles. The molecule has 0 bridgehead atoms. The molecular weight excluding hydrogens is 160 g/mol. The van der Waals surface area contributed by atoms with Crippen LogP contribution in [-0.4, -0.2) is 31.6 Å². The van der Waals surface area contributed by atoms with Gasteiger partial charge >= 0.3 is 0 Å². The van der Waals surface area contributed by atoms with Gasteiger partial charge in [-0.3, -0.25) is 0 Å². The van der Waals surface area contributed by atoms with Crippen molar-refractivity contribution in [1.82, 2.24) is 4.90 Å². The third-order valence-electron chi connectivity index (χ3n) is 2.34. The van der Waals surface area contributed by atoms with Gasteiger partial charge in [0, 0.05) is 6.54 Å². The summed E-state index contributed by atoms with van der Waals surface area (Å²) in [6.45, 7) is 8.98. The molecule has 0 saturated carbocycles. The van der Waals surface area contributed by atoms with Crippen LogP contribution in [-0.2, 0) is 0 Å². The third kappa shape index (κ3) is 8.00. The van der Waals surface area contributed by atoms with Crippen LogP contribution >= 0.6 is 0 Å². The van der Waals surface area contributed by atoms with Crippen LogP contribution in [0.3, 0.4) is 0 Å². The molecule has 0 rings (SSSR count). The molecule has 2 heteroatoms. The lowest BCUT2D eigenvalue weighted by Crippen LogP contribution is -2.20. The average molecular weight is 184 g/mol. The van der Waals surface area contributed by atoms with E-state index in [1.807, 2.05) is 6.08 Å². The van der Waals surface area contributed by atoms with Crippen molar-refractivity contribution < 1.29 is 0 Å². The van der Waals surface area contributed by atoms with Gasteiger partial charge in [-0.05, 0) is 45.3 Å². The van der Waals surface area contributed by atoms with E-state index in [2.05, 4.69) is 25.5 Å². The first kappa shape index (κ1) is 12.7. The standard InChI is InChI=1S/C11H24N2/c1-4-9-13(3)10-5-6-11(2)7-8-12/h4,11H,1,5-10,12H2,2-3H3. The molecule has 0 radical (unpaired) electrons. The monoisotopic (exact) mass is 184 g/mol. The van der Waals surface area contributed by atoms with E-state index in [0.717, 1.165) is 25.4 Å². The molecule has 78 valence electrons. The molecule has 0 aliphatic heterocycles.